The molecule has 0 saturated carbocycles. The van der Waals surface area contributed by atoms with Gasteiger partial charge in [-0.15, -0.1) is 0 Å². The summed E-state index contributed by atoms with van der Waals surface area (Å²) in [6, 6.07) is 8.11. The predicted octanol–water partition coefficient (Wildman–Crippen LogP) is 2.70. The second-order valence-electron chi connectivity index (χ2n) is 7.37. The minimum absolute atomic E-state index is 0.140. The number of likely N-dealkylation sites (tertiary alicyclic amines) is 1. The zero-order chi connectivity index (χ0) is 20.1. The third-order valence-corrected chi connectivity index (χ3v) is 5.35. The quantitative estimate of drug-likeness (QED) is 0.786. The first kappa shape index (κ1) is 18.9. The molecule has 3 N–H and O–H groups in total. The van der Waals surface area contributed by atoms with Crippen LogP contribution in [0.3, 0.4) is 0 Å². The summed E-state index contributed by atoms with van der Waals surface area (Å²) in [6.07, 6.45) is 0.498. The van der Waals surface area contributed by atoms with Gasteiger partial charge in [0.05, 0.1) is 25.2 Å². The maximum Gasteiger partial charge on any atom is 0.273 e. The van der Waals surface area contributed by atoms with Crippen LogP contribution < -0.4 is 11.1 Å². The fraction of sp³-hybridized carbons (Fsp3) is 0.350. The molecule has 1 aliphatic heterocycles. The molecule has 4 rings (SSSR count). The van der Waals surface area contributed by atoms with Gasteiger partial charge in [-0.3, -0.25) is 9.69 Å². The molecular weight excluding hydrogens is 374 g/mol. The number of carbonyl (C=O) groups is 1. The zero-order valence-corrected chi connectivity index (χ0v) is 14.8. The molecule has 2 aromatic rings. The first-order chi connectivity index (χ1) is 13.2. The molecule has 148 valence electrons. The molecule has 0 spiro atoms. The topological polar surface area (TPSA) is 58.4 Å². The molecule has 8 heteroatoms. The number of benzene rings is 2. The fourth-order valence-electron chi connectivity index (χ4n) is 3.99. The van der Waals surface area contributed by atoms with E-state index in [0.29, 0.717) is 12.5 Å². The van der Waals surface area contributed by atoms with Gasteiger partial charge in [-0.2, -0.15) is 0 Å². The molecule has 2 aromatic carbocycles. The standard InChI is InChI=1S/C20H19F4N3O/c21-12-5-6-14(15(22)8-12)18(27-9-20(23,24)10-27)19(28)26-16-7-11-3-1-2-4-13(11)17(16)25/h1-6,8,16-18H,7,9-10,25H2,(H,26,28)/t16-,17-,18?/m0/s1. The SMILES string of the molecule is N[C@H]1c2ccccc2C[C@@H]1NC(=O)C(c1ccc(F)cc1F)N1CC(F)(F)C1. The Balaban J connectivity index is 1.58. The number of fused-ring (bicyclic) bond motifs is 1. The van der Waals surface area contributed by atoms with Gasteiger partial charge >= 0.3 is 0 Å². The average Bonchev–Trinajstić information content (AvgIpc) is 2.91. The lowest BCUT2D eigenvalue weighted by Gasteiger charge is -2.43. The van der Waals surface area contributed by atoms with E-state index in [-0.39, 0.29) is 5.56 Å². The number of nitrogens with two attached hydrogens (primary N) is 1. The summed E-state index contributed by atoms with van der Waals surface area (Å²) < 4.78 is 54.4. The van der Waals surface area contributed by atoms with E-state index < -0.39 is 54.7 Å². The van der Waals surface area contributed by atoms with Crippen molar-refractivity contribution in [1.82, 2.24) is 10.2 Å². The molecule has 1 amide bonds. The number of nitrogens with one attached hydrogen (secondary N) is 1. The summed E-state index contributed by atoms with van der Waals surface area (Å²) in [5, 5.41) is 2.78. The van der Waals surface area contributed by atoms with Gasteiger partial charge in [0.25, 0.3) is 5.92 Å². The number of hydrogen-bond donors (Lipinski definition) is 2. The monoisotopic (exact) mass is 393 g/mol. The van der Waals surface area contributed by atoms with Gasteiger partial charge in [0.2, 0.25) is 5.91 Å². The molecule has 4 nitrogen and oxygen atoms in total. The highest BCUT2D eigenvalue weighted by Crippen LogP contribution is 2.37. The minimum Gasteiger partial charge on any atom is -0.349 e. The van der Waals surface area contributed by atoms with Gasteiger partial charge in [0.1, 0.15) is 17.7 Å². The van der Waals surface area contributed by atoms with E-state index in [0.717, 1.165) is 23.3 Å². The van der Waals surface area contributed by atoms with Crippen molar-refractivity contribution in [2.75, 3.05) is 13.1 Å². The van der Waals surface area contributed by atoms with Crippen LogP contribution in [0, 0.1) is 11.6 Å². The molecule has 1 heterocycles. The van der Waals surface area contributed by atoms with Crippen molar-refractivity contribution in [1.29, 1.82) is 0 Å². The van der Waals surface area contributed by atoms with Crippen LogP contribution in [0.5, 0.6) is 0 Å². The second-order valence-corrected chi connectivity index (χ2v) is 7.37. The van der Waals surface area contributed by atoms with Crippen molar-refractivity contribution >= 4 is 5.91 Å². The first-order valence-corrected chi connectivity index (χ1v) is 8.96. The van der Waals surface area contributed by atoms with Gasteiger partial charge in [-0.1, -0.05) is 30.3 Å². The molecule has 1 aliphatic carbocycles. The largest absolute Gasteiger partial charge is 0.349 e. The van der Waals surface area contributed by atoms with Crippen LogP contribution in [-0.2, 0) is 11.2 Å². The van der Waals surface area contributed by atoms with Crippen molar-refractivity contribution in [3.63, 3.8) is 0 Å². The molecule has 1 fully saturated rings. The number of nitrogens with zero attached hydrogens (tertiary/aromatic N) is 1. The van der Waals surface area contributed by atoms with E-state index >= 15 is 0 Å². The third-order valence-electron chi connectivity index (χ3n) is 5.35. The van der Waals surface area contributed by atoms with Gasteiger partial charge in [0.15, 0.2) is 0 Å². The number of amides is 1. The Morgan fingerprint density at radius 2 is 1.89 bits per heavy atom. The smallest absolute Gasteiger partial charge is 0.273 e. The number of rotatable bonds is 4. The predicted molar refractivity (Wildman–Crippen MR) is 94.6 cm³/mol. The van der Waals surface area contributed by atoms with Gasteiger partial charge < -0.3 is 11.1 Å². The Bertz CT molecular complexity index is 912. The molecule has 3 atom stereocenters. The molecular formula is C20H19F4N3O. The Morgan fingerprint density at radius 1 is 1.18 bits per heavy atom. The lowest BCUT2D eigenvalue weighted by molar-refractivity contribution is -0.159. The lowest BCUT2D eigenvalue weighted by Crippen LogP contribution is -2.60. The van der Waals surface area contributed by atoms with Crippen molar-refractivity contribution < 1.29 is 22.4 Å². The highest BCUT2D eigenvalue weighted by molar-refractivity contribution is 5.84. The lowest BCUT2D eigenvalue weighted by atomic mass is 9.97. The second kappa shape index (κ2) is 6.86. The number of hydrogen-bond acceptors (Lipinski definition) is 3. The molecule has 2 aliphatic rings. The molecule has 28 heavy (non-hydrogen) atoms. The molecule has 1 unspecified atom stereocenters. The van der Waals surface area contributed by atoms with Crippen molar-refractivity contribution in [3.05, 3.63) is 70.8 Å². The molecule has 1 saturated heterocycles. The number of alkyl halides is 2. The Labute approximate surface area is 159 Å². The van der Waals surface area contributed by atoms with Crippen LogP contribution >= 0.6 is 0 Å². The molecule has 0 radical (unpaired) electrons. The van der Waals surface area contributed by atoms with Crippen LogP contribution in [0.25, 0.3) is 0 Å². The Morgan fingerprint density at radius 3 is 2.54 bits per heavy atom. The van der Waals surface area contributed by atoms with Gasteiger partial charge in [0, 0.05) is 11.6 Å². The van der Waals surface area contributed by atoms with Crippen LogP contribution in [0.2, 0.25) is 0 Å². The highest BCUT2D eigenvalue weighted by atomic mass is 19.3. The summed E-state index contributed by atoms with van der Waals surface area (Å²) in [5.41, 5.74) is 7.99. The summed E-state index contributed by atoms with van der Waals surface area (Å²) in [4.78, 5) is 14.1. The van der Waals surface area contributed by atoms with Crippen molar-refractivity contribution in [2.45, 2.75) is 30.5 Å². The first-order valence-electron chi connectivity index (χ1n) is 8.96. The van der Waals surface area contributed by atoms with Gasteiger partial charge in [-0.25, -0.2) is 17.6 Å². The van der Waals surface area contributed by atoms with E-state index in [4.69, 9.17) is 5.73 Å². The maximum atomic E-state index is 14.3. The Kier molecular flexibility index (Phi) is 4.63. The maximum absolute atomic E-state index is 14.3. The fourth-order valence-corrected chi connectivity index (χ4v) is 3.99. The summed E-state index contributed by atoms with van der Waals surface area (Å²) in [5.74, 6) is -5.32. The average molecular weight is 393 g/mol. The molecule has 0 aromatic heterocycles. The van der Waals surface area contributed by atoms with Crippen LogP contribution in [0.1, 0.15) is 28.8 Å². The van der Waals surface area contributed by atoms with E-state index in [1.54, 1.807) is 0 Å². The van der Waals surface area contributed by atoms with E-state index in [1.807, 2.05) is 24.3 Å². The van der Waals surface area contributed by atoms with Crippen LogP contribution in [0.4, 0.5) is 17.6 Å². The minimum atomic E-state index is -2.94. The normalized spacial score (nSPS) is 24.3. The zero-order valence-electron chi connectivity index (χ0n) is 14.8. The highest BCUT2D eigenvalue weighted by Gasteiger charge is 2.49. The van der Waals surface area contributed by atoms with Crippen molar-refractivity contribution in [2.24, 2.45) is 5.73 Å². The van der Waals surface area contributed by atoms with Crippen LogP contribution in [0.15, 0.2) is 42.5 Å². The van der Waals surface area contributed by atoms with E-state index in [1.165, 1.54) is 4.90 Å². The number of carbonyl (C=O) groups excluding carboxylic acids is 1. The number of halogens is 4. The summed E-state index contributed by atoms with van der Waals surface area (Å²) >= 11 is 0. The van der Waals surface area contributed by atoms with Crippen LogP contribution in [-0.4, -0.2) is 35.9 Å². The third kappa shape index (κ3) is 3.38. The van der Waals surface area contributed by atoms with Crippen molar-refractivity contribution in [3.8, 4) is 0 Å². The van der Waals surface area contributed by atoms with E-state index in [2.05, 4.69) is 5.32 Å². The van der Waals surface area contributed by atoms with E-state index in [9.17, 15) is 22.4 Å². The molecule has 0 bridgehead atoms. The summed E-state index contributed by atoms with van der Waals surface area (Å²) in [6.45, 7) is -1.34. The summed E-state index contributed by atoms with van der Waals surface area (Å²) in [7, 11) is 0. The van der Waals surface area contributed by atoms with Gasteiger partial charge in [-0.05, 0) is 23.6 Å². The Hall–Kier alpha value is -2.45.